The SMILES string of the molecule is C=Nc1ccccc1N(Cc1ccc(-n2c3c(c4ccc(B5CC(C)(C)C(C)(C)C5)cc42)=CCCC=3)cc1)c1ccccc1.CC. The van der Waals surface area contributed by atoms with Crippen LogP contribution in [0.15, 0.2) is 102 Å². The molecule has 0 N–H and O–H groups in total. The summed E-state index contributed by atoms with van der Waals surface area (Å²) in [7, 11) is 0. The molecule has 0 saturated carbocycles. The van der Waals surface area contributed by atoms with Crippen molar-refractivity contribution in [2.24, 2.45) is 15.8 Å². The quantitative estimate of drug-likeness (QED) is 0.134. The van der Waals surface area contributed by atoms with E-state index >= 15 is 0 Å². The molecule has 4 heteroatoms. The van der Waals surface area contributed by atoms with Crippen LogP contribution < -0.4 is 20.9 Å². The van der Waals surface area contributed by atoms with E-state index < -0.39 is 0 Å². The predicted molar refractivity (Wildman–Crippen MR) is 203 cm³/mol. The van der Waals surface area contributed by atoms with Gasteiger partial charge in [-0.3, -0.25) is 4.99 Å². The van der Waals surface area contributed by atoms with Crippen molar-refractivity contribution in [3.05, 3.63) is 113 Å². The minimum absolute atomic E-state index is 0.334. The Morgan fingerprint density at radius 3 is 2.13 bits per heavy atom. The topological polar surface area (TPSA) is 20.5 Å². The first-order valence-electron chi connectivity index (χ1n) is 17.1. The van der Waals surface area contributed by atoms with Gasteiger partial charge in [-0.25, -0.2) is 0 Å². The number of para-hydroxylation sites is 3. The lowest BCUT2D eigenvalue weighted by atomic mass is 9.42. The lowest BCUT2D eigenvalue weighted by molar-refractivity contribution is 0.177. The number of rotatable bonds is 7. The van der Waals surface area contributed by atoms with E-state index in [2.05, 4.69) is 146 Å². The second kappa shape index (κ2) is 12.8. The molecule has 1 aliphatic carbocycles. The summed E-state index contributed by atoms with van der Waals surface area (Å²) in [6, 6.07) is 35.3. The fourth-order valence-electron chi connectivity index (χ4n) is 7.52. The maximum absolute atomic E-state index is 4.33. The molecule has 1 aromatic heterocycles. The molecule has 0 spiro atoms. The fourth-order valence-corrected chi connectivity index (χ4v) is 7.52. The van der Waals surface area contributed by atoms with Crippen molar-refractivity contribution in [1.82, 2.24) is 4.57 Å². The highest BCUT2D eigenvalue weighted by molar-refractivity contribution is 6.74. The van der Waals surface area contributed by atoms with Crippen LogP contribution >= 0.6 is 0 Å². The molecule has 0 bridgehead atoms. The third-order valence-electron chi connectivity index (χ3n) is 10.7. The molecule has 3 nitrogen and oxygen atoms in total. The predicted octanol–water partition coefficient (Wildman–Crippen LogP) is 9.45. The number of aromatic nitrogens is 1. The van der Waals surface area contributed by atoms with E-state index in [0.29, 0.717) is 17.5 Å². The molecular weight excluding hydrogens is 557 g/mol. The molecule has 0 unspecified atom stereocenters. The first-order chi connectivity index (χ1) is 22.3. The van der Waals surface area contributed by atoms with E-state index in [4.69, 9.17) is 0 Å². The summed E-state index contributed by atoms with van der Waals surface area (Å²) >= 11 is 0. The van der Waals surface area contributed by atoms with Crippen molar-refractivity contribution >= 4 is 59.0 Å². The zero-order valence-electron chi connectivity index (χ0n) is 28.6. The first-order valence-corrected chi connectivity index (χ1v) is 17.1. The van der Waals surface area contributed by atoms with E-state index in [1.807, 2.05) is 26.0 Å². The number of aliphatic imine (C=N–C) groups is 1. The average Bonchev–Trinajstić information content (AvgIpc) is 3.53. The van der Waals surface area contributed by atoms with Gasteiger partial charge < -0.3 is 9.47 Å². The molecular formula is C42H48BN3. The molecule has 1 fully saturated rings. The second-order valence-electron chi connectivity index (χ2n) is 14.0. The maximum Gasteiger partial charge on any atom is 0.177 e. The smallest absolute Gasteiger partial charge is 0.177 e. The van der Waals surface area contributed by atoms with Crippen molar-refractivity contribution in [2.45, 2.75) is 73.6 Å². The van der Waals surface area contributed by atoms with Crippen LogP contribution in [0.1, 0.15) is 59.9 Å². The summed E-state index contributed by atoms with van der Waals surface area (Å²) in [5.74, 6) is 0. The Balaban J connectivity index is 0.00000182. The zero-order valence-corrected chi connectivity index (χ0v) is 28.6. The third-order valence-corrected chi connectivity index (χ3v) is 10.7. The number of fused-ring (bicyclic) bond motifs is 3. The third kappa shape index (κ3) is 5.75. The number of benzene rings is 4. The Morgan fingerprint density at radius 1 is 0.783 bits per heavy atom. The number of hydrogen-bond donors (Lipinski definition) is 0. The van der Waals surface area contributed by atoms with E-state index in [9.17, 15) is 0 Å². The van der Waals surface area contributed by atoms with E-state index in [-0.39, 0.29) is 0 Å². The maximum atomic E-state index is 4.33. The second-order valence-corrected chi connectivity index (χ2v) is 14.0. The van der Waals surface area contributed by atoms with Gasteiger partial charge >= 0.3 is 0 Å². The molecule has 0 amide bonds. The largest absolute Gasteiger partial charge is 0.335 e. The van der Waals surface area contributed by atoms with E-state index in [0.717, 1.165) is 36.4 Å². The molecule has 234 valence electrons. The fraction of sp³-hybridized carbons (Fsp3) is 0.310. The van der Waals surface area contributed by atoms with Gasteiger partial charge in [-0.1, -0.05) is 126 Å². The number of hydrogen-bond acceptors (Lipinski definition) is 2. The highest BCUT2D eigenvalue weighted by atomic mass is 15.1. The molecule has 0 atom stereocenters. The van der Waals surface area contributed by atoms with Gasteiger partial charge in [0, 0.05) is 33.9 Å². The zero-order chi connectivity index (χ0) is 32.5. The Bertz CT molecular complexity index is 1950. The van der Waals surface area contributed by atoms with E-state index in [1.165, 1.54) is 50.8 Å². The molecule has 0 radical (unpaired) electrons. The van der Waals surface area contributed by atoms with Gasteiger partial charge in [0.25, 0.3) is 0 Å². The molecule has 2 heterocycles. The van der Waals surface area contributed by atoms with Crippen molar-refractivity contribution in [3.63, 3.8) is 0 Å². The van der Waals surface area contributed by atoms with Crippen molar-refractivity contribution in [1.29, 1.82) is 0 Å². The van der Waals surface area contributed by atoms with Gasteiger partial charge in [0.2, 0.25) is 0 Å². The normalized spacial score (nSPS) is 16.1. The Labute approximate surface area is 276 Å². The van der Waals surface area contributed by atoms with Crippen LogP contribution in [0.3, 0.4) is 0 Å². The van der Waals surface area contributed by atoms with Crippen LogP contribution in [0.25, 0.3) is 28.7 Å². The minimum Gasteiger partial charge on any atom is -0.335 e. The highest BCUT2D eigenvalue weighted by Crippen LogP contribution is 2.52. The molecule has 46 heavy (non-hydrogen) atoms. The Hall–Kier alpha value is -4.31. The molecule has 7 rings (SSSR count). The standard InChI is InChI=1S/C40H42BN3.C2H6/c1-39(2)27-41(28-40(39,3)4)30-21-24-34-33-15-9-11-17-36(33)44(38(34)25-30)32-22-19-29(20-23-32)26-43(31-13-7-6-8-14-31)37-18-12-10-16-35(37)42-5;1-2/h6-8,10,12-25H,5,9,11,26-28H2,1-4H3;1-2H3. The molecule has 4 aromatic carbocycles. The summed E-state index contributed by atoms with van der Waals surface area (Å²) in [4.78, 5) is 6.65. The van der Waals surface area contributed by atoms with Crippen LogP contribution in [0.2, 0.25) is 12.6 Å². The molecule has 2 aliphatic rings. The number of anilines is 2. The number of nitrogens with zero attached hydrogens (tertiary/aromatic N) is 3. The Kier molecular flexibility index (Phi) is 8.83. The lowest BCUT2D eigenvalue weighted by Crippen LogP contribution is -2.30. The lowest BCUT2D eigenvalue weighted by Gasteiger charge is -2.35. The van der Waals surface area contributed by atoms with Crippen LogP contribution in [0, 0.1) is 10.8 Å². The summed E-state index contributed by atoms with van der Waals surface area (Å²) in [6.07, 6.45) is 9.53. The summed E-state index contributed by atoms with van der Waals surface area (Å²) in [5, 5.41) is 4.09. The Morgan fingerprint density at radius 2 is 1.43 bits per heavy atom. The van der Waals surface area contributed by atoms with Crippen LogP contribution in [0.4, 0.5) is 17.1 Å². The van der Waals surface area contributed by atoms with Gasteiger partial charge in [-0.05, 0) is 78.4 Å². The van der Waals surface area contributed by atoms with Gasteiger partial charge in [0.15, 0.2) is 6.71 Å². The van der Waals surface area contributed by atoms with Crippen LogP contribution in [-0.4, -0.2) is 18.0 Å². The molecule has 1 aliphatic heterocycles. The van der Waals surface area contributed by atoms with Crippen molar-refractivity contribution in [3.8, 4) is 5.69 Å². The van der Waals surface area contributed by atoms with Crippen molar-refractivity contribution < 1.29 is 0 Å². The summed E-state index contributed by atoms with van der Waals surface area (Å²) < 4.78 is 2.50. The molecule has 1 saturated heterocycles. The average molecular weight is 606 g/mol. The monoisotopic (exact) mass is 605 g/mol. The van der Waals surface area contributed by atoms with Crippen molar-refractivity contribution in [2.75, 3.05) is 4.90 Å². The summed E-state index contributed by atoms with van der Waals surface area (Å²) in [6.45, 7) is 19.0. The van der Waals surface area contributed by atoms with E-state index in [1.54, 1.807) is 0 Å². The minimum atomic E-state index is 0.334. The highest BCUT2D eigenvalue weighted by Gasteiger charge is 2.48. The van der Waals surface area contributed by atoms with Crippen LogP contribution in [0.5, 0.6) is 0 Å². The van der Waals surface area contributed by atoms with Crippen LogP contribution in [-0.2, 0) is 6.54 Å². The molecule has 5 aromatic rings. The summed E-state index contributed by atoms with van der Waals surface area (Å²) in [5.41, 5.74) is 9.01. The van der Waals surface area contributed by atoms with Gasteiger partial charge in [0.05, 0.1) is 16.9 Å². The van der Waals surface area contributed by atoms with Gasteiger partial charge in [-0.2, -0.15) is 0 Å². The van der Waals surface area contributed by atoms with Gasteiger partial charge in [0.1, 0.15) is 0 Å². The first kappa shape index (κ1) is 31.7. The van der Waals surface area contributed by atoms with Gasteiger partial charge in [-0.15, -0.1) is 0 Å².